The van der Waals surface area contributed by atoms with Crippen molar-refractivity contribution in [1.29, 1.82) is 0 Å². The van der Waals surface area contributed by atoms with Gasteiger partial charge in [-0.05, 0) is 78.4 Å². The number of likely N-dealkylation sites (N-methyl/N-ethyl adjacent to an activating group) is 1. The maximum Gasteiger partial charge on any atom is 0.119 e. The smallest absolute Gasteiger partial charge is 0.119 e. The van der Waals surface area contributed by atoms with Crippen LogP contribution < -0.4 is 10.1 Å². The molecule has 0 radical (unpaired) electrons. The van der Waals surface area contributed by atoms with Crippen LogP contribution in [0.2, 0.25) is 0 Å². The standard InChI is InChI=1S/C17H20INO/c1-3-20-16-6-4-5-14(12-16)17(19-2)11-13-7-9-15(18)10-8-13/h4-10,12,17,19H,3,11H2,1-2H3. The molecular formula is C17H20INO. The second kappa shape index (κ2) is 7.64. The van der Waals surface area contributed by atoms with Crippen LogP contribution in [0.25, 0.3) is 0 Å². The largest absolute Gasteiger partial charge is 0.494 e. The van der Waals surface area contributed by atoms with E-state index in [-0.39, 0.29) is 0 Å². The van der Waals surface area contributed by atoms with Crippen LogP contribution in [0.4, 0.5) is 0 Å². The lowest BCUT2D eigenvalue weighted by molar-refractivity contribution is 0.339. The van der Waals surface area contributed by atoms with Gasteiger partial charge in [-0.2, -0.15) is 0 Å². The van der Waals surface area contributed by atoms with Crippen molar-refractivity contribution < 1.29 is 4.74 Å². The van der Waals surface area contributed by atoms with Crippen molar-refractivity contribution in [2.24, 2.45) is 0 Å². The highest BCUT2D eigenvalue weighted by Crippen LogP contribution is 2.22. The molecule has 0 heterocycles. The van der Waals surface area contributed by atoms with E-state index < -0.39 is 0 Å². The molecule has 0 saturated heterocycles. The van der Waals surface area contributed by atoms with E-state index in [9.17, 15) is 0 Å². The molecule has 3 heteroatoms. The Balaban J connectivity index is 2.15. The third kappa shape index (κ3) is 4.21. The van der Waals surface area contributed by atoms with Crippen molar-refractivity contribution in [3.05, 3.63) is 63.2 Å². The van der Waals surface area contributed by atoms with Gasteiger partial charge in [-0.25, -0.2) is 0 Å². The first-order chi connectivity index (χ1) is 9.72. The lowest BCUT2D eigenvalue weighted by Gasteiger charge is -2.18. The summed E-state index contributed by atoms with van der Waals surface area (Å²) in [6, 6.07) is 17.3. The second-order valence-electron chi connectivity index (χ2n) is 4.68. The van der Waals surface area contributed by atoms with Gasteiger partial charge < -0.3 is 10.1 Å². The number of rotatable bonds is 6. The van der Waals surface area contributed by atoms with Gasteiger partial charge in [0, 0.05) is 9.61 Å². The number of nitrogens with one attached hydrogen (secondary N) is 1. The molecule has 0 amide bonds. The molecule has 0 aliphatic carbocycles. The zero-order valence-corrected chi connectivity index (χ0v) is 14.1. The van der Waals surface area contributed by atoms with Crippen LogP contribution in [0.5, 0.6) is 5.75 Å². The van der Waals surface area contributed by atoms with Gasteiger partial charge in [0.25, 0.3) is 0 Å². The molecule has 1 atom stereocenters. The summed E-state index contributed by atoms with van der Waals surface area (Å²) in [5.74, 6) is 0.938. The van der Waals surface area contributed by atoms with Crippen LogP contribution in [0.3, 0.4) is 0 Å². The Bertz CT molecular complexity index is 539. The molecule has 0 bridgehead atoms. The summed E-state index contributed by atoms with van der Waals surface area (Å²) < 4.78 is 6.85. The summed E-state index contributed by atoms with van der Waals surface area (Å²) in [5.41, 5.74) is 2.60. The molecule has 1 unspecified atom stereocenters. The highest BCUT2D eigenvalue weighted by atomic mass is 127. The summed E-state index contributed by atoms with van der Waals surface area (Å²) in [7, 11) is 2.00. The monoisotopic (exact) mass is 381 g/mol. The summed E-state index contributed by atoms with van der Waals surface area (Å²) in [4.78, 5) is 0. The maximum atomic E-state index is 5.58. The average Bonchev–Trinajstić information content (AvgIpc) is 2.47. The zero-order valence-electron chi connectivity index (χ0n) is 11.9. The van der Waals surface area contributed by atoms with Crippen LogP contribution in [0.1, 0.15) is 24.1 Å². The van der Waals surface area contributed by atoms with Gasteiger partial charge >= 0.3 is 0 Å². The molecule has 0 aliphatic rings. The first-order valence-corrected chi connectivity index (χ1v) is 7.95. The Kier molecular flexibility index (Phi) is 5.86. The fourth-order valence-corrected chi connectivity index (χ4v) is 2.59. The summed E-state index contributed by atoms with van der Waals surface area (Å²) >= 11 is 2.33. The van der Waals surface area contributed by atoms with E-state index in [1.54, 1.807) is 0 Å². The van der Waals surface area contributed by atoms with E-state index in [4.69, 9.17) is 4.74 Å². The second-order valence-corrected chi connectivity index (χ2v) is 5.92. The topological polar surface area (TPSA) is 21.3 Å². The van der Waals surface area contributed by atoms with Gasteiger partial charge in [-0.15, -0.1) is 0 Å². The van der Waals surface area contributed by atoms with Crippen molar-refractivity contribution in [2.75, 3.05) is 13.7 Å². The average molecular weight is 381 g/mol. The minimum atomic E-state index is 0.301. The quantitative estimate of drug-likeness (QED) is 0.758. The fraction of sp³-hybridized carbons (Fsp3) is 0.294. The zero-order chi connectivity index (χ0) is 14.4. The Morgan fingerprint density at radius 2 is 1.90 bits per heavy atom. The van der Waals surface area contributed by atoms with Crippen molar-refractivity contribution in [3.8, 4) is 5.75 Å². The van der Waals surface area contributed by atoms with Crippen molar-refractivity contribution in [3.63, 3.8) is 0 Å². The van der Waals surface area contributed by atoms with Crippen molar-refractivity contribution in [1.82, 2.24) is 5.32 Å². The van der Waals surface area contributed by atoms with E-state index in [1.165, 1.54) is 14.7 Å². The normalized spacial score (nSPS) is 12.2. The Morgan fingerprint density at radius 3 is 2.55 bits per heavy atom. The van der Waals surface area contributed by atoms with Gasteiger partial charge in [0.1, 0.15) is 5.75 Å². The van der Waals surface area contributed by atoms with E-state index in [0.29, 0.717) is 12.6 Å². The molecule has 0 aromatic heterocycles. The molecule has 2 aromatic rings. The van der Waals surface area contributed by atoms with Crippen molar-refractivity contribution in [2.45, 2.75) is 19.4 Å². The summed E-state index contributed by atoms with van der Waals surface area (Å²) in [6.45, 7) is 2.71. The molecule has 106 valence electrons. The Labute approximate surface area is 134 Å². The lowest BCUT2D eigenvalue weighted by atomic mass is 9.99. The first kappa shape index (κ1) is 15.3. The molecule has 1 N–H and O–H groups in total. The van der Waals surface area contributed by atoms with Gasteiger partial charge in [-0.3, -0.25) is 0 Å². The minimum Gasteiger partial charge on any atom is -0.494 e. The molecule has 0 spiro atoms. The number of halogens is 1. The first-order valence-electron chi connectivity index (χ1n) is 6.87. The third-order valence-electron chi connectivity index (χ3n) is 3.27. The van der Waals surface area contributed by atoms with Crippen LogP contribution in [0.15, 0.2) is 48.5 Å². The molecule has 0 fully saturated rings. The van der Waals surface area contributed by atoms with E-state index in [0.717, 1.165) is 12.2 Å². The van der Waals surface area contributed by atoms with Crippen LogP contribution in [-0.4, -0.2) is 13.7 Å². The number of hydrogen-bond donors (Lipinski definition) is 1. The minimum absolute atomic E-state index is 0.301. The molecule has 2 rings (SSSR count). The third-order valence-corrected chi connectivity index (χ3v) is 3.99. The van der Waals surface area contributed by atoms with Gasteiger partial charge in [0.2, 0.25) is 0 Å². The molecule has 2 aromatic carbocycles. The van der Waals surface area contributed by atoms with E-state index >= 15 is 0 Å². The number of hydrogen-bond acceptors (Lipinski definition) is 2. The number of benzene rings is 2. The van der Waals surface area contributed by atoms with Crippen LogP contribution in [-0.2, 0) is 6.42 Å². The summed E-state index contributed by atoms with van der Waals surface area (Å²) in [6.07, 6.45) is 0.975. The highest BCUT2D eigenvalue weighted by molar-refractivity contribution is 14.1. The van der Waals surface area contributed by atoms with E-state index in [1.807, 2.05) is 20.0 Å². The molecule has 0 aliphatic heterocycles. The highest BCUT2D eigenvalue weighted by Gasteiger charge is 2.11. The van der Waals surface area contributed by atoms with Crippen LogP contribution >= 0.6 is 22.6 Å². The van der Waals surface area contributed by atoms with Gasteiger partial charge in [0.05, 0.1) is 6.61 Å². The maximum absolute atomic E-state index is 5.58. The van der Waals surface area contributed by atoms with Crippen molar-refractivity contribution >= 4 is 22.6 Å². The lowest BCUT2D eigenvalue weighted by Crippen LogP contribution is -2.18. The molecule has 20 heavy (non-hydrogen) atoms. The molecular weight excluding hydrogens is 361 g/mol. The Morgan fingerprint density at radius 1 is 1.15 bits per heavy atom. The summed E-state index contributed by atoms with van der Waals surface area (Å²) in [5, 5.41) is 3.39. The predicted octanol–water partition coefficient (Wildman–Crippen LogP) is 4.19. The number of ether oxygens (including phenoxy) is 1. The fourth-order valence-electron chi connectivity index (χ4n) is 2.23. The van der Waals surface area contributed by atoms with Crippen LogP contribution in [0, 0.1) is 3.57 Å². The molecule has 0 saturated carbocycles. The van der Waals surface area contributed by atoms with Gasteiger partial charge in [-0.1, -0.05) is 24.3 Å². The van der Waals surface area contributed by atoms with Gasteiger partial charge in [0.15, 0.2) is 0 Å². The SMILES string of the molecule is CCOc1cccc(C(Cc2ccc(I)cc2)NC)c1. The van der Waals surface area contributed by atoms with E-state index in [2.05, 4.69) is 70.4 Å². The Hall–Kier alpha value is -1.07. The predicted molar refractivity (Wildman–Crippen MR) is 92.3 cm³/mol. The molecule has 2 nitrogen and oxygen atoms in total.